The smallest absolute Gasteiger partial charge is 0.338 e. The van der Waals surface area contributed by atoms with Crippen molar-refractivity contribution in [1.82, 2.24) is 0 Å². The lowest BCUT2D eigenvalue weighted by molar-refractivity contribution is 0.00695. The largest absolute Gasteiger partial charge is 0.456 e. The molecule has 0 saturated carbocycles. The maximum Gasteiger partial charge on any atom is 0.338 e. The van der Waals surface area contributed by atoms with E-state index in [-0.39, 0.29) is 5.97 Å². The van der Waals surface area contributed by atoms with E-state index in [1.54, 1.807) is 24.3 Å². The average molecular weight is 242 g/mol. The first-order valence-corrected chi connectivity index (χ1v) is 5.46. The summed E-state index contributed by atoms with van der Waals surface area (Å²) in [6.45, 7) is 5.48. The summed E-state index contributed by atoms with van der Waals surface area (Å²) in [7, 11) is 0. The molecule has 0 amide bonds. The molecule has 1 aromatic rings. The van der Waals surface area contributed by atoms with Gasteiger partial charge in [-0.15, -0.1) is 11.6 Å². The SMILES string of the molecule is CC(C)(C)OC(=O)c1ccc(C(N)Cl)cc1. The summed E-state index contributed by atoms with van der Waals surface area (Å²) in [4.78, 5) is 11.7. The minimum Gasteiger partial charge on any atom is -0.456 e. The molecule has 1 aromatic carbocycles. The molecule has 4 heteroatoms. The maximum atomic E-state index is 11.7. The minimum atomic E-state index is -0.548. The van der Waals surface area contributed by atoms with Gasteiger partial charge in [0, 0.05) is 0 Å². The molecule has 0 aliphatic rings. The zero-order valence-electron chi connectivity index (χ0n) is 9.66. The Balaban J connectivity index is 2.78. The number of halogens is 1. The monoisotopic (exact) mass is 241 g/mol. The molecule has 0 aliphatic heterocycles. The first kappa shape index (κ1) is 13.0. The van der Waals surface area contributed by atoms with Gasteiger partial charge in [-0.2, -0.15) is 0 Å². The highest BCUT2D eigenvalue weighted by atomic mass is 35.5. The highest BCUT2D eigenvalue weighted by Crippen LogP contribution is 2.17. The van der Waals surface area contributed by atoms with E-state index in [2.05, 4.69) is 0 Å². The Morgan fingerprint density at radius 1 is 1.31 bits per heavy atom. The lowest BCUT2D eigenvalue weighted by atomic mass is 10.1. The number of esters is 1. The van der Waals surface area contributed by atoms with Gasteiger partial charge in [-0.3, -0.25) is 0 Å². The van der Waals surface area contributed by atoms with Crippen LogP contribution in [0.4, 0.5) is 0 Å². The molecule has 0 fully saturated rings. The topological polar surface area (TPSA) is 52.3 Å². The van der Waals surface area contributed by atoms with Crippen LogP contribution in [0.1, 0.15) is 42.2 Å². The van der Waals surface area contributed by atoms with Crippen LogP contribution in [0, 0.1) is 0 Å². The minimum absolute atomic E-state index is 0.345. The van der Waals surface area contributed by atoms with Crippen molar-refractivity contribution in [3.63, 3.8) is 0 Å². The van der Waals surface area contributed by atoms with Gasteiger partial charge in [0.15, 0.2) is 0 Å². The molecule has 2 N–H and O–H groups in total. The average Bonchev–Trinajstić information content (AvgIpc) is 2.15. The summed E-state index contributed by atoms with van der Waals surface area (Å²) in [5, 5.41) is 0. The van der Waals surface area contributed by atoms with Crippen molar-refractivity contribution in [2.75, 3.05) is 0 Å². The number of hydrogen-bond donors (Lipinski definition) is 1. The lowest BCUT2D eigenvalue weighted by Crippen LogP contribution is -2.23. The van der Waals surface area contributed by atoms with E-state index in [9.17, 15) is 4.79 Å². The fourth-order valence-corrected chi connectivity index (χ4v) is 1.29. The van der Waals surface area contributed by atoms with Crippen LogP contribution in [0.2, 0.25) is 0 Å². The number of rotatable bonds is 2. The van der Waals surface area contributed by atoms with Gasteiger partial charge in [0.05, 0.1) is 5.56 Å². The maximum absolute atomic E-state index is 11.7. The van der Waals surface area contributed by atoms with E-state index in [1.165, 1.54) is 0 Å². The molecule has 0 aliphatic carbocycles. The second-order valence-corrected chi connectivity index (χ2v) is 5.00. The quantitative estimate of drug-likeness (QED) is 0.492. The van der Waals surface area contributed by atoms with Crippen LogP contribution in [-0.2, 0) is 4.74 Å². The summed E-state index contributed by atoms with van der Waals surface area (Å²) in [5.74, 6) is -0.345. The number of hydrogen-bond acceptors (Lipinski definition) is 3. The molecule has 1 rings (SSSR count). The third kappa shape index (κ3) is 3.83. The standard InChI is InChI=1S/C12H16ClNO2/c1-12(2,3)16-11(15)9-6-4-8(5-7-9)10(13)14/h4-7,10H,14H2,1-3H3. The van der Waals surface area contributed by atoms with Crippen LogP contribution in [0.25, 0.3) is 0 Å². The molecular weight excluding hydrogens is 226 g/mol. The third-order valence-corrected chi connectivity index (χ3v) is 2.12. The highest BCUT2D eigenvalue weighted by molar-refractivity contribution is 6.20. The fourth-order valence-electron chi connectivity index (χ4n) is 1.14. The molecule has 16 heavy (non-hydrogen) atoms. The highest BCUT2D eigenvalue weighted by Gasteiger charge is 2.17. The molecule has 0 radical (unpaired) electrons. The van der Waals surface area contributed by atoms with Crippen molar-refractivity contribution in [2.24, 2.45) is 5.73 Å². The van der Waals surface area contributed by atoms with Gasteiger partial charge < -0.3 is 10.5 Å². The number of ether oxygens (including phenoxy) is 1. The van der Waals surface area contributed by atoms with Gasteiger partial charge in [0.1, 0.15) is 11.1 Å². The van der Waals surface area contributed by atoms with E-state index in [4.69, 9.17) is 22.1 Å². The summed E-state index contributed by atoms with van der Waals surface area (Å²) in [6.07, 6.45) is 0. The normalized spacial score (nSPS) is 13.3. The Labute approximate surface area is 101 Å². The van der Waals surface area contributed by atoms with Crippen molar-refractivity contribution in [1.29, 1.82) is 0 Å². The van der Waals surface area contributed by atoms with Gasteiger partial charge in [0.25, 0.3) is 0 Å². The van der Waals surface area contributed by atoms with Gasteiger partial charge >= 0.3 is 5.97 Å². The van der Waals surface area contributed by atoms with Crippen LogP contribution >= 0.6 is 11.6 Å². The Hall–Kier alpha value is -1.06. The van der Waals surface area contributed by atoms with Crippen molar-refractivity contribution in [3.05, 3.63) is 35.4 Å². The first-order valence-electron chi connectivity index (χ1n) is 5.02. The van der Waals surface area contributed by atoms with Crippen molar-refractivity contribution >= 4 is 17.6 Å². The van der Waals surface area contributed by atoms with Gasteiger partial charge in [-0.25, -0.2) is 4.79 Å². The van der Waals surface area contributed by atoms with Crippen LogP contribution in [0.15, 0.2) is 24.3 Å². The zero-order valence-corrected chi connectivity index (χ0v) is 10.4. The summed E-state index contributed by atoms with van der Waals surface area (Å²) in [5.41, 5.74) is 5.72. The van der Waals surface area contributed by atoms with Crippen LogP contribution in [-0.4, -0.2) is 11.6 Å². The number of carbonyl (C=O) groups is 1. The molecule has 1 atom stereocenters. The molecule has 88 valence electrons. The Morgan fingerprint density at radius 3 is 2.19 bits per heavy atom. The second kappa shape index (κ2) is 4.85. The third-order valence-electron chi connectivity index (χ3n) is 1.86. The predicted molar refractivity (Wildman–Crippen MR) is 64.4 cm³/mol. The summed E-state index contributed by atoms with van der Waals surface area (Å²) < 4.78 is 5.22. The molecule has 1 unspecified atom stereocenters. The second-order valence-electron chi connectivity index (χ2n) is 4.53. The lowest BCUT2D eigenvalue weighted by Gasteiger charge is -2.19. The molecule has 0 saturated heterocycles. The number of alkyl halides is 1. The van der Waals surface area contributed by atoms with Crippen molar-refractivity contribution in [2.45, 2.75) is 31.9 Å². The zero-order chi connectivity index (χ0) is 12.3. The van der Waals surface area contributed by atoms with E-state index in [0.29, 0.717) is 5.56 Å². The molecule has 0 heterocycles. The Bertz CT molecular complexity index is 366. The predicted octanol–water partition coefficient (Wildman–Crippen LogP) is 2.84. The van der Waals surface area contributed by atoms with E-state index in [1.807, 2.05) is 20.8 Å². The van der Waals surface area contributed by atoms with Crippen molar-refractivity contribution < 1.29 is 9.53 Å². The van der Waals surface area contributed by atoms with Gasteiger partial charge in [-0.1, -0.05) is 12.1 Å². The molecule has 3 nitrogen and oxygen atoms in total. The first-order chi connectivity index (χ1) is 7.29. The van der Waals surface area contributed by atoms with Crippen molar-refractivity contribution in [3.8, 4) is 0 Å². The Morgan fingerprint density at radius 2 is 1.81 bits per heavy atom. The van der Waals surface area contributed by atoms with E-state index >= 15 is 0 Å². The van der Waals surface area contributed by atoms with E-state index in [0.717, 1.165) is 5.56 Å². The molecule has 0 aromatic heterocycles. The number of benzene rings is 1. The summed E-state index contributed by atoms with van der Waals surface area (Å²) in [6, 6.07) is 6.76. The summed E-state index contributed by atoms with van der Waals surface area (Å²) >= 11 is 5.70. The van der Waals surface area contributed by atoms with E-state index < -0.39 is 11.1 Å². The van der Waals surface area contributed by atoms with Crippen LogP contribution in [0.3, 0.4) is 0 Å². The number of nitrogens with two attached hydrogens (primary N) is 1. The van der Waals surface area contributed by atoms with Crippen LogP contribution < -0.4 is 5.73 Å². The molecular formula is C12H16ClNO2. The van der Waals surface area contributed by atoms with Crippen LogP contribution in [0.5, 0.6) is 0 Å². The number of carbonyl (C=O) groups excluding carboxylic acids is 1. The molecule has 0 spiro atoms. The molecule has 0 bridgehead atoms. The van der Waals surface area contributed by atoms with Gasteiger partial charge in [0.2, 0.25) is 0 Å². The fraction of sp³-hybridized carbons (Fsp3) is 0.417. The Kier molecular flexibility index (Phi) is 3.94. The van der Waals surface area contributed by atoms with Gasteiger partial charge in [-0.05, 0) is 38.5 Å².